The minimum Gasteiger partial charge on any atom is -0.493 e. The molecular formula is C23H26Cl2N2O3. The lowest BCUT2D eigenvalue weighted by molar-refractivity contribution is 0.0996. The second-order valence-electron chi connectivity index (χ2n) is 8.19. The molecule has 1 N–H and O–H groups in total. The SMILES string of the molecule is COc1ccc(N2Cc3cc(Cl)cc(Cl)c3C2=O)cc1OCCC1(C)CCCCN1. The number of anilines is 1. The highest BCUT2D eigenvalue weighted by Gasteiger charge is 2.32. The molecule has 0 aliphatic carbocycles. The van der Waals surface area contributed by atoms with Crippen molar-refractivity contribution in [3.8, 4) is 11.5 Å². The molecule has 7 heteroatoms. The molecule has 5 nitrogen and oxygen atoms in total. The van der Waals surface area contributed by atoms with E-state index in [1.807, 2.05) is 18.2 Å². The number of hydrogen-bond acceptors (Lipinski definition) is 4. The average molecular weight is 449 g/mol. The highest BCUT2D eigenvalue weighted by Crippen LogP contribution is 2.38. The first kappa shape index (κ1) is 21.3. The number of rotatable bonds is 6. The maximum Gasteiger partial charge on any atom is 0.260 e. The molecule has 2 aromatic rings. The topological polar surface area (TPSA) is 50.8 Å². The van der Waals surface area contributed by atoms with Crippen LogP contribution in [0.3, 0.4) is 0 Å². The zero-order valence-electron chi connectivity index (χ0n) is 17.3. The van der Waals surface area contributed by atoms with Crippen LogP contribution in [0.5, 0.6) is 11.5 Å². The Balaban J connectivity index is 1.51. The van der Waals surface area contributed by atoms with Crippen LogP contribution >= 0.6 is 23.2 Å². The molecule has 1 atom stereocenters. The van der Waals surface area contributed by atoms with Crippen molar-refractivity contribution < 1.29 is 14.3 Å². The highest BCUT2D eigenvalue weighted by molar-refractivity contribution is 6.38. The first-order chi connectivity index (χ1) is 14.4. The summed E-state index contributed by atoms with van der Waals surface area (Å²) in [6, 6.07) is 8.94. The van der Waals surface area contributed by atoms with Crippen LogP contribution in [0.2, 0.25) is 10.0 Å². The molecule has 1 amide bonds. The second-order valence-corrected chi connectivity index (χ2v) is 9.03. The van der Waals surface area contributed by atoms with Crippen LogP contribution < -0.4 is 19.7 Å². The number of hydrogen-bond donors (Lipinski definition) is 1. The van der Waals surface area contributed by atoms with Gasteiger partial charge in [0, 0.05) is 22.3 Å². The quantitative estimate of drug-likeness (QED) is 0.636. The Bertz CT molecular complexity index is 958. The molecule has 1 saturated heterocycles. The summed E-state index contributed by atoms with van der Waals surface area (Å²) in [7, 11) is 1.62. The lowest BCUT2D eigenvalue weighted by atomic mass is 9.88. The molecule has 160 valence electrons. The molecule has 1 fully saturated rings. The molecule has 2 aliphatic rings. The largest absolute Gasteiger partial charge is 0.493 e. The van der Waals surface area contributed by atoms with E-state index >= 15 is 0 Å². The Morgan fingerprint density at radius 3 is 2.73 bits per heavy atom. The van der Waals surface area contributed by atoms with Gasteiger partial charge in [0.25, 0.3) is 5.91 Å². The van der Waals surface area contributed by atoms with Gasteiger partial charge in [-0.2, -0.15) is 0 Å². The summed E-state index contributed by atoms with van der Waals surface area (Å²) in [5, 5.41) is 4.51. The molecule has 1 unspecified atom stereocenters. The fraction of sp³-hybridized carbons (Fsp3) is 0.435. The number of piperidine rings is 1. The monoisotopic (exact) mass is 448 g/mol. The Labute approximate surface area is 187 Å². The van der Waals surface area contributed by atoms with E-state index in [1.54, 1.807) is 24.1 Å². The number of nitrogens with one attached hydrogen (secondary N) is 1. The van der Waals surface area contributed by atoms with E-state index in [-0.39, 0.29) is 11.4 Å². The van der Waals surface area contributed by atoms with Crippen LogP contribution in [0.25, 0.3) is 0 Å². The van der Waals surface area contributed by atoms with E-state index in [2.05, 4.69) is 12.2 Å². The van der Waals surface area contributed by atoms with E-state index in [4.69, 9.17) is 32.7 Å². The van der Waals surface area contributed by atoms with Crippen molar-refractivity contribution in [2.24, 2.45) is 0 Å². The first-order valence-electron chi connectivity index (χ1n) is 10.3. The van der Waals surface area contributed by atoms with Gasteiger partial charge in [-0.25, -0.2) is 0 Å². The molecule has 0 spiro atoms. The lowest BCUT2D eigenvalue weighted by Crippen LogP contribution is -2.46. The Hall–Kier alpha value is -1.95. The van der Waals surface area contributed by atoms with E-state index in [9.17, 15) is 4.79 Å². The van der Waals surface area contributed by atoms with Crippen LogP contribution in [-0.2, 0) is 6.54 Å². The summed E-state index contributed by atoms with van der Waals surface area (Å²) >= 11 is 12.4. The Morgan fingerprint density at radius 1 is 1.17 bits per heavy atom. The predicted molar refractivity (Wildman–Crippen MR) is 120 cm³/mol. The molecular weight excluding hydrogens is 423 g/mol. The van der Waals surface area contributed by atoms with Crippen LogP contribution in [-0.4, -0.2) is 31.7 Å². The number of fused-ring (bicyclic) bond motifs is 1. The minimum atomic E-state index is -0.137. The average Bonchev–Trinajstić information content (AvgIpc) is 3.04. The van der Waals surface area contributed by atoms with Crippen LogP contribution in [0.15, 0.2) is 30.3 Å². The molecule has 2 heterocycles. The fourth-order valence-electron chi connectivity index (χ4n) is 4.24. The van der Waals surface area contributed by atoms with Gasteiger partial charge < -0.3 is 19.7 Å². The predicted octanol–water partition coefficient (Wildman–Crippen LogP) is 5.46. The summed E-state index contributed by atoms with van der Waals surface area (Å²) in [6.07, 6.45) is 4.53. The van der Waals surface area contributed by atoms with Gasteiger partial charge in [0.15, 0.2) is 11.5 Å². The van der Waals surface area contributed by atoms with Crippen LogP contribution in [0.4, 0.5) is 5.69 Å². The summed E-state index contributed by atoms with van der Waals surface area (Å²) in [4.78, 5) is 14.7. The lowest BCUT2D eigenvalue weighted by Gasteiger charge is -2.35. The highest BCUT2D eigenvalue weighted by atomic mass is 35.5. The van der Waals surface area contributed by atoms with E-state index < -0.39 is 0 Å². The molecule has 0 radical (unpaired) electrons. The number of halogens is 2. The number of nitrogens with zero attached hydrogens (tertiary/aromatic N) is 1. The maximum atomic E-state index is 13.0. The van der Waals surface area contributed by atoms with E-state index in [1.165, 1.54) is 12.8 Å². The van der Waals surface area contributed by atoms with Gasteiger partial charge in [-0.1, -0.05) is 29.6 Å². The van der Waals surface area contributed by atoms with Crippen molar-refractivity contribution >= 4 is 34.8 Å². The molecule has 0 bridgehead atoms. The number of carbonyl (C=O) groups excluding carboxylic acids is 1. The van der Waals surface area contributed by atoms with Crippen molar-refractivity contribution in [3.63, 3.8) is 0 Å². The molecule has 30 heavy (non-hydrogen) atoms. The number of ether oxygens (including phenoxy) is 2. The zero-order chi connectivity index (χ0) is 21.3. The van der Waals surface area contributed by atoms with Crippen molar-refractivity contribution in [3.05, 3.63) is 51.5 Å². The minimum absolute atomic E-state index is 0.103. The van der Waals surface area contributed by atoms with E-state index in [0.717, 1.165) is 30.6 Å². The molecule has 4 rings (SSSR count). The summed E-state index contributed by atoms with van der Waals surface area (Å²) in [5.74, 6) is 1.13. The molecule has 2 aromatic carbocycles. The first-order valence-corrected chi connectivity index (χ1v) is 11.0. The Kier molecular flexibility index (Phi) is 6.14. The van der Waals surface area contributed by atoms with Gasteiger partial charge in [0.1, 0.15) is 0 Å². The zero-order valence-corrected chi connectivity index (χ0v) is 18.8. The maximum absolute atomic E-state index is 13.0. The van der Waals surface area contributed by atoms with Gasteiger partial charge in [-0.05, 0) is 62.6 Å². The molecule has 2 aliphatic heterocycles. The van der Waals surface area contributed by atoms with Gasteiger partial charge in [-0.15, -0.1) is 0 Å². The van der Waals surface area contributed by atoms with E-state index in [0.29, 0.717) is 40.3 Å². The molecule has 0 aromatic heterocycles. The van der Waals surface area contributed by atoms with Crippen molar-refractivity contribution in [1.82, 2.24) is 5.32 Å². The summed E-state index contributed by atoms with van der Waals surface area (Å²) < 4.78 is 11.6. The van der Waals surface area contributed by atoms with Crippen molar-refractivity contribution in [1.29, 1.82) is 0 Å². The van der Waals surface area contributed by atoms with Gasteiger partial charge in [0.2, 0.25) is 0 Å². The standard InChI is InChI=1S/C23H26Cl2N2O3/c1-23(7-3-4-9-26-23)8-10-30-20-13-17(5-6-19(20)29-2)27-14-15-11-16(24)12-18(25)21(15)22(27)28/h5-6,11-13,26H,3-4,7-10,14H2,1-2H3. The second kappa shape index (κ2) is 8.66. The van der Waals surface area contributed by atoms with Gasteiger partial charge >= 0.3 is 0 Å². The third-order valence-corrected chi connectivity index (χ3v) is 6.52. The number of methoxy groups -OCH3 is 1. The van der Waals surface area contributed by atoms with Gasteiger partial charge in [-0.3, -0.25) is 4.79 Å². The summed E-state index contributed by atoms with van der Waals surface area (Å²) in [5.41, 5.74) is 2.18. The normalized spacial score (nSPS) is 20.9. The summed E-state index contributed by atoms with van der Waals surface area (Å²) in [6.45, 7) is 4.29. The van der Waals surface area contributed by atoms with Crippen molar-refractivity contribution in [2.75, 3.05) is 25.2 Å². The third kappa shape index (κ3) is 4.25. The number of carbonyl (C=O) groups is 1. The number of amides is 1. The Morgan fingerprint density at radius 2 is 2.00 bits per heavy atom. The number of benzene rings is 2. The van der Waals surface area contributed by atoms with Crippen LogP contribution in [0, 0.1) is 0 Å². The van der Waals surface area contributed by atoms with Crippen LogP contribution in [0.1, 0.15) is 48.5 Å². The van der Waals surface area contributed by atoms with Gasteiger partial charge in [0.05, 0.1) is 30.8 Å². The third-order valence-electron chi connectivity index (χ3n) is 6.00. The van der Waals surface area contributed by atoms with Crippen molar-refractivity contribution in [2.45, 2.75) is 44.7 Å². The fourth-order valence-corrected chi connectivity index (χ4v) is 4.86. The smallest absolute Gasteiger partial charge is 0.260 e. The molecule has 0 saturated carbocycles.